The molecule has 0 saturated heterocycles. The lowest BCUT2D eigenvalue weighted by molar-refractivity contribution is -0.140. The van der Waals surface area contributed by atoms with E-state index in [9.17, 15) is 18.0 Å². The van der Waals surface area contributed by atoms with Gasteiger partial charge in [-0.05, 0) is 89.9 Å². The van der Waals surface area contributed by atoms with Gasteiger partial charge in [0.25, 0.3) is 10.0 Å². The maximum absolute atomic E-state index is 14.0. The topological polar surface area (TPSA) is 86.8 Å². The smallest absolute Gasteiger partial charge is 0.264 e. The van der Waals surface area contributed by atoms with Gasteiger partial charge in [0.1, 0.15) is 12.6 Å². The van der Waals surface area contributed by atoms with Crippen LogP contribution in [0.15, 0.2) is 83.8 Å². The van der Waals surface area contributed by atoms with Crippen molar-refractivity contribution < 1.29 is 18.0 Å². The Labute approximate surface area is 239 Å². The molecule has 0 aromatic heterocycles. The van der Waals surface area contributed by atoms with Crippen LogP contribution in [0.1, 0.15) is 37.8 Å². The Morgan fingerprint density at radius 1 is 0.921 bits per heavy atom. The molecule has 0 aliphatic carbocycles. The number of amides is 2. The lowest BCUT2D eigenvalue weighted by atomic mass is 10.1. The highest BCUT2D eigenvalue weighted by Gasteiger charge is 2.33. The Bertz CT molecular complexity index is 1330. The highest BCUT2D eigenvalue weighted by molar-refractivity contribution is 14.1. The molecule has 3 aromatic carbocycles. The van der Waals surface area contributed by atoms with Gasteiger partial charge < -0.3 is 10.2 Å². The number of carbonyl (C=O) groups excluding carboxylic acids is 2. The number of halogens is 1. The van der Waals surface area contributed by atoms with Crippen LogP contribution in [0.5, 0.6) is 0 Å². The van der Waals surface area contributed by atoms with E-state index in [0.29, 0.717) is 18.7 Å². The second-order valence-electron chi connectivity index (χ2n) is 8.96. The Morgan fingerprint density at radius 3 is 2.16 bits per heavy atom. The summed E-state index contributed by atoms with van der Waals surface area (Å²) in [6.07, 6.45) is 1.16. The number of rotatable bonds is 12. The second-order valence-corrected chi connectivity index (χ2v) is 12.1. The van der Waals surface area contributed by atoms with Gasteiger partial charge in [-0.3, -0.25) is 13.9 Å². The van der Waals surface area contributed by atoms with E-state index in [4.69, 9.17) is 0 Å². The molecule has 3 rings (SSSR count). The summed E-state index contributed by atoms with van der Waals surface area (Å²) in [4.78, 5) is 28.7. The summed E-state index contributed by atoms with van der Waals surface area (Å²) in [5.74, 6) is -0.701. The summed E-state index contributed by atoms with van der Waals surface area (Å²) < 4.78 is 29.6. The first-order valence-corrected chi connectivity index (χ1v) is 15.2. The number of nitrogens with zero attached hydrogens (tertiary/aromatic N) is 2. The van der Waals surface area contributed by atoms with Gasteiger partial charge in [0.2, 0.25) is 11.8 Å². The van der Waals surface area contributed by atoms with Crippen LogP contribution in [0.4, 0.5) is 5.69 Å². The van der Waals surface area contributed by atoms with Gasteiger partial charge >= 0.3 is 0 Å². The predicted molar refractivity (Wildman–Crippen MR) is 159 cm³/mol. The number of benzene rings is 3. The molecular formula is C29H34IN3O4S. The number of carbonyl (C=O) groups is 2. The SMILES string of the molecule is CCCNC(=O)C(CC)N(Cc1ccccc1C)C(=O)CN(c1ccc(I)cc1)S(=O)(=O)c1ccccc1. The molecule has 9 heteroatoms. The third-order valence-corrected chi connectivity index (χ3v) is 8.77. The van der Waals surface area contributed by atoms with E-state index in [2.05, 4.69) is 27.9 Å². The van der Waals surface area contributed by atoms with Crippen molar-refractivity contribution >= 4 is 50.1 Å². The third-order valence-electron chi connectivity index (χ3n) is 6.26. The molecule has 7 nitrogen and oxygen atoms in total. The van der Waals surface area contributed by atoms with Gasteiger partial charge in [-0.15, -0.1) is 0 Å². The van der Waals surface area contributed by atoms with Crippen LogP contribution < -0.4 is 9.62 Å². The Hall–Kier alpha value is -2.92. The van der Waals surface area contributed by atoms with Gasteiger partial charge in [0.15, 0.2) is 0 Å². The van der Waals surface area contributed by atoms with Crippen molar-refractivity contribution in [3.63, 3.8) is 0 Å². The zero-order valence-electron chi connectivity index (χ0n) is 21.9. The molecule has 0 fully saturated rings. The molecule has 38 heavy (non-hydrogen) atoms. The lowest BCUT2D eigenvalue weighted by Crippen LogP contribution is -2.52. The summed E-state index contributed by atoms with van der Waals surface area (Å²) >= 11 is 2.15. The first-order valence-electron chi connectivity index (χ1n) is 12.6. The number of anilines is 1. The molecule has 1 atom stereocenters. The van der Waals surface area contributed by atoms with Crippen LogP contribution in [0, 0.1) is 10.5 Å². The minimum Gasteiger partial charge on any atom is -0.354 e. The quantitative estimate of drug-likeness (QED) is 0.277. The maximum Gasteiger partial charge on any atom is 0.264 e. The van der Waals surface area contributed by atoms with Crippen LogP contribution in [-0.2, 0) is 26.2 Å². The average Bonchev–Trinajstić information content (AvgIpc) is 2.92. The molecule has 0 saturated carbocycles. The largest absolute Gasteiger partial charge is 0.354 e. The van der Waals surface area contributed by atoms with E-state index in [-0.39, 0.29) is 17.3 Å². The van der Waals surface area contributed by atoms with Crippen molar-refractivity contribution in [1.29, 1.82) is 0 Å². The molecule has 0 spiro atoms. The molecule has 2 amide bonds. The molecule has 1 unspecified atom stereocenters. The van der Waals surface area contributed by atoms with Gasteiger partial charge in [0.05, 0.1) is 10.6 Å². The van der Waals surface area contributed by atoms with Crippen molar-refractivity contribution in [2.45, 2.75) is 51.1 Å². The van der Waals surface area contributed by atoms with Crippen molar-refractivity contribution in [1.82, 2.24) is 10.2 Å². The van der Waals surface area contributed by atoms with Crippen LogP contribution in [0.3, 0.4) is 0 Å². The van der Waals surface area contributed by atoms with Gasteiger partial charge in [-0.2, -0.15) is 0 Å². The summed E-state index contributed by atoms with van der Waals surface area (Å²) in [5.41, 5.74) is 2.26. The summed E-state index contributed by atoms with van der Waals surface area (Å²) in [7, 11) is -4.06. The number of hydrogen-bond acceptors (Lipinski definition) is 4. The normalized spacial score (nSPS) is 12.0. The number of nitrogens with one attached hydrogen (secondary N) is 1. The molecular weight excluding hydrogens is 613 g/mol. The lowest BCUT2D eigenvalue weighted by Gasteiger charge is -2.33. The Kier molecular flexibility index (Phi) is 10.7. The highest BCUT2D eigenvalue weighted by Crippen LogP contribution is 2.25. The second kappa shape index (κ2) is 13.7. The molecule has 0 heterocycles. The molecule has 0 radical (unpaired) electrons. The van der Waals surface area contributed by atoms with Crippen LogP contribution in [0.25, 0.3) is 0 Å². The van der Waals surface area contributed by atoms with E-state index < -0.39 is 28.5 Å². The van der Waals surface area contributed by atoms with E-state index in [1.807, 2.05) is 45.0 Å². The first-order chi connectivity index (χ1) is 18.2. The van der Waals surface area contributed by atoms with Crippen LogP contribution in [0.2, 0.25) is 0 Å². The molecule has 0 aliphatic rings. The minimum absolute atomic E-state index is 0.0875. The van der Waals surface area contributed by atoms with Crippen molar-refractivity contribution in [3.8, 4) is 0 Å². The van der Waals surface area contributed by atoms with Crippen LogP contribution in [-0.4, -0.2) is 44.3 Å². The van der Waals surface area contributed by atoms with Gasteiger partial charge in [-0.25, -0.2) is 8.42 Å². The molecule has 0 aliphatic heterocycles. The summed E-state index contributed by atoms with van der Waals surface area (Å²) in [6, 6.07) is 22.0. The van der Waals surface area contributed by atoms with Crippen molar-refractivity contribution in [2.24, 2.45) is 0 Å². The third kappa shape index (κ3) is 7.35. The fourth-order valence-electron chi connectivity index (χ4n) is 4.11. The molecule has 3 aromatic rings. The average molecular weight is 648 g/mol. The maximum atomic E-state index is 14.0. The van der Waals surface area contributed by atoms with Crippen LogP contribution >= 0.6 is 22.6 Å². The van der Waals surface area contributed by atoms with Gasteiger partial charge in [-0.1, -0.05) is 56.3 Å². The fourth-order valence-corrected chi connectivity index (χ4v) is 5.91. The van der Waals surface area contributed by atoms with E-state index in [1.165, 1.54) is 17.0 Å². The van der Waals surface area contributed by atoms with Crippen molar-refractivity contribution in [2.75, 3.05) is 17.4 Å². The van der Waals surface area contributed by atoms with E-state index in [0.717, 1.165) is 25.4 Å². The zero-order chi connectivity index (χ0) is 27.7. The fraction of sp³-hybridized carbons (Fsp3) is 0.310. The molecule has 1 N–H and O–H groups in total. The Morgan fingerprint density at radius 2 is 1.55 bits per heavy atom. The first kappa shape index (κ1) is 29.6. The molecule has 202 valence electrons. The number of hydrogen-bond donors (Lipinski definition) is 1. The van der Waals surface area contributed by atoms with E-state index >= 15 is 0 Å². The van der Waals surface area contributed by atoms with E-state index in [1.54, 1.807) is 42.5 Å². The zero-order valence-corrected chi connectivity index (χ0v) is 24.9. The Balaban J connectivity index is 2.04. The minimum atomic E-state index is -4.06. The number of aryl methyl sites for hydroxylation is 1. The summed E-state index contributed by atoms with van der Waals surface area (Å²) in [6.45, 7) is 6.01. The van der Waals surface area contributed by atoms with Crippen molar-refractivity contribution in [3.05, 3.63) is 93.6 Å². The van der Waals surface area contributed by atoms with Gasteiger partial charge in [0, 0.05) is 16.7 Å². The molecule has 0 bridgehead atoms. The highest BCUT2D eigenvalue weighted by atomic mass is 127. The standard InChI is InChI=1S/C29H34IN3O4S/c1-4-19-31-29(35)27(5-2)32(20-23-12-10-9-11-22(23)3)28(34)21-33(25-17-15-24(30)16-18-25)38(36,37)26-13-7-6-8-14-26/h6-18,27H,4-5,19-21H2,1-3H3,(H,31,35). The monoisotopic (exact) mass is 647 g/mol. The summed E-state index contributed by atoms with van der Waals surface area (Å²) in [5, 5.41) is 2.90. The predicted octanol–water partition coefficient (Wildman–Crippen LogP) is 5.13. The number of sulfonamides is 1.